The van der Waals surface area contributed by atoms with E-state index in [1.165, 1.54) is 6.92 Å². The molecule has 1 aromatic heterocycles. The molecule has 0 radical (unpaired) electrons. The van der Waals surface area contributed by atoms with E-state index in [1.807, 2.05) is 50.2 Å². The number of ether oxygens (including phenoxy) is 1. The number of rotatable bonds is 6. The van der Waals surface area contributed by atoms with Crippen LogP contribution in [0.15, 0.2) is 48.5 Å². The van der Waals surface area contributed by atoms with Gasteiger partial charge in [-0.15, -0.1) is 0 Å². The molecule has 0 fully saturated rings. The van der Waals surface area contributed by atoms with Gasteiger partial charge in [-0.3, -0.25) is 14.6 Å². The fourth-order valence-electron chi connectivity index (χ4n) is 3.02. The van der Waals surface area contributed by atoms with Gasteiger partial charge in [0.1, 0.15) is 5.75 Å². The Bertz CT molecular complexity index is 1030. The van der Waals surface area contributed by atoms with Crippen LogP contribution in [0.3, 0.4) is 0 Å². The number of benzene rings is 2. The largest absolute Gasteiger partial charge is 0.494 e. The van der Waals surface area contributed by atoms with E-state index in [9.17, 15) is 9.59 Å². The number of anilines is 1. The van der Waals surface area contributed by atoms with Crippen LogP contribution in [0, 0.1) is 6.92 Å². The van der Waals surface area contributed by atoms with Crippen LogP contribution >= 0.6 is 0 Å². The second-order valence-electron chi connectivity index (χ2n) is 6.45. The quantitative estimate of drug-likeness (QED) is 0.684. The molecule has 0 saturated carbocycles. The number of pyridine rings is 1. The topological polar surface area (TPSA) is 80.3 Å². The lowest BCUT2D eigenvalue weighted by molar-refractivity contribution is -0.114. The molecule has 0 aliphatic carbocycles. The lowest BCUT2D eigenvalue weighted by Crippen LogP contribution is -2.23. The predicted molar refractivity (Wildman–Crippen MR) is 110 cm³/mol. The van der Waals surface area contributed by atoms with Crippen LogP contribution in [0.25, 0.3) is 10.9 Å². The molecule has 0 saturated heterocycles. The maximum absolute atomic E-state index is 12.9. The Morgan fingerprint density at radius 3 is 2.64 bits per heavy atom. The van der Waals surface area contributed by atoms with Crippen LogP contribution in [0.4, 0.5) is 5.69 Å². The molecule has 3 aromatic rings. The summed E-state index contributed by atoms with van der Waals surface area (Å²) >= 11 is 0. The number of aryl methyl sites for hydroxylation is 1. The number of aromatic nitrogens is 1. The molecule has 6 nitrogen and oxygen atoms in total. The van der Waals surface area contributed by atoms with Crippen molar-refractivity contribution in [1.82, 2.24) is 10.3 Å². The number of para-hydroxylation sites is 1. The molecule has 0 bridgehead atoms. The highest BCUT2D eigenvalue weighted by atomic mass is 16.5. The van der Waals surface area contributed by atoms with Gasteiger partial charge in [-0.05, 0) is 38.1 Å². The highest BCUT2D eigenvalue weighted by Crippen LogP contribution is 2.24. The number of carbonyl (C=O) groups is 2. The monoisotopic (exact) mass is 377 g/mol. The third-order valence-electron chi connectivity index (χ3n) is 4.22. The summed E-state index contributed by atoms with van der Waals surface area (Å²) in [5.41, 5.74) is 3.39. The second kappa shape index (κ2) is 8.52. The van der Waals surface area contributed by atoms with Crippen molar-refractivity contribution in [3.8, 4) is 5.75 Å². The third kappa shape index (κ3) is 4.46. The fourth-order valence-corrected chi connectivity index (χ4v) is 3.02. The zero-order valence-corrected chi connectivity index (χ0v) is 16.2. The normalized spacial score (nSPS) is 10.5. The zero-order valence-electron chi connectivity index (χ0n) is 16.2. The molecule has 0 unspecified atom stereocenters. The van der Waals surface area contributed by atoms with E-state index >= 15 is 0 Å². The van der Waals surface area contributed by atoms with Gasteiger partial charge in [0.2, 0.25) is 5.91 Å². The SMILES string of the molecule is CCOc1ccccc1CNC(=O)c1cc(NC(C)=O)cc2nc(C)ccc12. The van der Waals surface area contributed by atoms with Crippen LogP contribution in [0.1, 0.15) is 35.5 Å². The molecule has 144 valence electrons. The van der Waals surface area contributed by atoms with E-state index in [4.69, 9.17) is 4.74 Å². The molecule has 2 amide bonds. The Labute approximate surface area is 163 Å². The van der Waals surface area contributed by atoms with Crippen LogP contribution in [-0.2, 0) is 11.3 Å². The first-order valence-electron chi connectivity index (χ1n) is 9.16. The Hall–Kier alpha value is -3.41. The van der Waals surface area contributed by atoms with Crippen molar-refractivity contribution in [2.75, 3.05) is 11.9 Å². The van der Waals surface area contributed by atoms with Crippen molar-refractivity contribution in [1.29, 1.82) is 0 Å². The third-order valence-corrected chi connectivity index (χ3v) is 4.22. The number of amides is 2. The van der Waals surface area contributed by atoms with Crippen molar-refractivity contribution < 1.29 is 14.3 Å². The maximum Gasteiger partial charge on any atom is 0.252 e. The Balaban J connectivity index is 1.91. The lowest BCUT2D eigenvalue weighted by Gasteiger charge is -2.13. The number of nitrogens with one attached hydrogen (secondary N) is 2. The summed E-state index contributed by atoms with van der Waals surface area (Å²) in [5, 5.41) is 6.41. The van der Waals surface area contributed by atoms with E-state index in [1.54, 1.807) is 12.1 Å². The van der Waals surface area contributed by atoms with Crippen LogP contribution in [-0.4, -0.2) is 23.4 Å². The smallest absolute Gasteiger partial charge is 0.252 e. The van der Waals surface area contributed by atoms with Gasteiger partial charge in [0.05, 0.1) is 17.7 Å². The van der Waals surface area contributed by atoms with Crippen LogP contribution in [0.2, 0.25) is 0 Å². The molecule has 0 aliphatic rings. The van der Waals surface area contributed by atoms with Gasteiger partial charge in [-0.25, -0.2) is 0 Å². The highest BCUT2D eigenvalue weighted by molar-refractivity contribution is 6.08. The average molecular weight is 377 g/mol. The first-order valence-corrected chi connectivity index (χ1v) is 9.16. The minimum atomic E-state index is -0.242. The molecule has 0 atom stereocenters. The molecule has 1 heterocycles. The van der Waals surface area contributed by atoms with E-state index in [0.29, 0.717) is 29.9 Å². The standard InChI is InChI=1S/C22H23N3O3/c1-4-28-21-8-6-5-7-16(21)13-23-22(27)19-11-17(25-15(3)26)12-20-18(19)10-9-14(2)24-20/h5-12H,4,13H2,1-3H3,(H,23,27)(H,25,26). The predicted octanol–water partition coefficient (Wildman–Crippen LogP) is 3.83. The minimum absolute atomic E-state index is 0.205. The van der Waals surface area contributed by atoms with Gasteiger partial charge in [-0.2, -0.15) is 0 Å². The molecular weight excluding hydrogens is 354 g/mol. The van der Waals surface area contributed by atoms with Crippen molar-refractivity contribution in [2.24, 2.45) is 0 Å². The zero-order chi connectivity index (χ0) is 20.1. The van der Waals surface area contributed by atoms with Gasteiger partial charge in [0.15, 0.2) is 0 Å². The first-order chi connectivity index (χ1) is 13.5. The molecular formula is C22H23N3O3. The van der Waals surface area contributed by atoms with Crippen molar-refractivity contribution >= 4 is 28.4 Å². The molecule has 0 spiro atoms. The highest BCUT2D eigenvalue weighted by Gasteiger charge is 2.14. The van der Waals surface area contributed by atoms with Gasteiger partial charge in [0.25, 0.3) is 5.91 Å². The molecule has 2 aromatic carbocycles. The summed E-state index contributed by atoms with van der Waals surface area (Å²) in [6.07, 6.45) is 0. The van der Waals surface area contributed by atoms with E-state index < -0.39 is 0 Å². The first kappa shape index (κ1) is 19.4. The molecule has 28 heavy (non-hydrogen) atoms. The number of nitrogens with zero attached hydrogens (tertiary/aromatic N) is 1. The number of hydrogen-bond donors (Lipinski definition) is 2. The van der Waals surface area contributed by atoms with Crippen molar-refractivity contribution in [2.45, 2.75) is 27.3 Å². The van der Waals surface area contributed by atoms with Gasteiger partial charge in [0, 0.05) is 35.8 Å². The number of fused-ring (bicyclic) bond motifs is 1. The summed E-state index contributed by atoms with van der Waals surface area (Å²) in [6, 6.07) is 14.8. The van der Waals surface area contributed by atoms with Crippen LogP contribution in [0.5, 0.6) is 5.75 Å². The van der Waals surface area contributed by atoms with Gasteiger partial charge >= 0.3 is 0 Å². The summed E-state index contributed by atoms with van der Waals surface area (Å²) in [7, 11) is 0. The van der Waals surface area contributed by atoms with Gasteiger partial charge < -0.3 is 15.4 Å². The average Bonchev–Trinajstić information content (AvgIpc) is 2.66. The second-order valence-corrected chi connectivity index (χ2v) is 6.45. The summed E-state index contributed by atoms with van der Waals surface area (Å²) in [6.45, 7) is 6.12. The van der Waals surface area contributed by atoms with Crippen LogP contribution < -0.4 is 15.4 Å². The van der Waals surface area contributed by atoms with Crippen molar-refractivity contribution in [3.05, 3.63) is 65.4 Å². The van der Waals surface area contributed by atoms with E-state index in [0.717, 1.165) is 22.4 Å². The summed E-state index contributed by atoms with van der Waals surface area (Å²) < 4.78 is 5.61. The fraction of sp³-hybridized carbons (Fsp3) is 0.227. The Kier molecular flexibility index (Phi) is 5.89. The molecule has 3 rings (SSSR count). The number of carbonyl (C=O) groups excluding carboxylic acids is 2. The minimum Gasteiger partial charge on any atom is -0.494 e. The molecule has 6 heteroatoms. The summed E-state index contributed by atoms with van der Waals surface area (Å²) in [4.78, 5) is 28.9. The molecule has 2 N–H and O–H groups in total. The molecule has 0 aliphatic heterocycles. The Morgan fingerprint density at radius 2 is 1.89 bits per heavy atom. The van der Waals surface area contributed by atoms with E-state index in [2.05, 4.69) is 15.6 Å². The Morgan fingerprint density at radius 1 is 1.11 bits per heavy atom. The lowest BCUT2D eigenvalue weighted by atomic mass is 10.1. The van der Waals surface area contributed by atoms with Gasteiger partial charge in [-0.1, -0.05) is 24.3 Å². The summed E-state index contributed by atoms with van der Waals surface area (Å²) in [5.74, 6) is 0.303. The van der Waals surface area contributed by atoms with E-state index in [-0.39, 0.29) is 11.8 Å². The number of hydrogen-bond acceptors (Lipinski definition) is 4. The van der Waals surface area contributed by atoms with Crippen molar-refractivity contribution in [3.63, 3.8) is 0 Å². The maximum atomic E-state index is 12.9.